The van der Waals surface area contributed by atoms with E-state index in [0.717, 1.165) is 22.8 Å². The van der Waals surface area contributed by atoms with E-state index >= 15 is 0 Å². The van der Waals surface area contributed by atoms with Crippen molar-refractivity contribution in [3.05, 3.63) is 35.7 Å². The molecule has 5 heteroatoms. The first kappa shape index (κ1) is 12.7. The molecular weight excluding hydrogens is 226 g/mol. The maximum atomic E-state index is 6.07. The van der Waals surface area contributed by atoms with Crippen LogP contribution in [-0.4, -0.2) is 14.8 Å². The zero-order valence-corrected chi connectivity index (χ0v) is 11.0. The minimum absolute atomic E-state index is 0.477. The molecule has 0 aliphatic rings. The van der Waals surface area contributed by atoms with Crippen LogP contribution in [0.25, 0.3) is 11.4 Å². The molecule has 0 spiro atoms. The first-order valence-electron chi connectivity index (χ1n) is 5.92. The monoisotopic (exact) mass is 245 g/mol. The van der Waals surface area contributed by atoms with Gasteiger partial charge in [0.25, 0.3) is 0 Å². The van der Waals surface area contributed by atoms with E-state index in [1.54, 1.807) is 0 Å². The molecule has 0 unspecified atom stereocenters. The van der Waals surface area contributed by atoms with Gasteiger partial charge in [0.2, 0.25) is 0 Å². The molecule has 1 aromatic carbocycles. The predicted octanol–water partition coefficient (Wildman–Crippen LogP) is 1.13. The van der Waals surface area contributed by atoms with Crippen LogP contribution in [0.15, 0.2) is 24.3 Å². The van der Waals surface area contributed by atoms with Crippen molar-refractivity contribution in [3.63, 3.8) is 0 Å². The molecule has 0 bridgehead atoms. The van der Waals surface area contributed by atoms with E-state index in [1.807, 2.05) is 49.7 Å². The Morgan fingerprint density at radius 1 is 1.22 bits per heavy atom. The van der Waals surface area contributed by atoms with Crippen LogP contribution in [0, 0.1) is 0 Å². The molecule has 0 aliphatic heterocycles. The third kappa shape index (κ3) is 2.14. The molecule has 0 atom stereocenters. The lowest BCUT2D eigenvalue weighted by Gasteiger charge is -2.17. The quantitative estimate of drug-likeness (QED) is 0.849. The Morgan fingerprint density at radius 2 is 1.89 bits per heavy atom. The Labute approximate surface area is 107 Å². The van der Waals surface area contributed by atoms with Gasteiger partial charge in [-0.05, 0) is 19.4 Å². The Bertz CT molecular complexity index is 551. The Hall–Kier alpha value is -1.72. The minimum atomic E-state index is -0.516. The molecule has 0 saturated heterocycles. The summed E-state index contributed by atoms with van der Waals surface area (Å²) >= 11 is 0. The first-order chi connectivity index (χ1) is 8.45. The van der Waals surface area contributed by atoms with Gasteiger partial charge in [-0.15, -0.1) is 10.2 Å². The van der Waals surface area contributed by atoms with Crippen LogP contribution in [-0.2, 0) is 19.1 Å². The van der Waals surface area contributed by atoms with E-state index in [4.69, 9.17) is 11.5 Å². The largest absolute Gasteiger partial charge is 0.326 e. The van der Waals surface area contributed by atoms with Crippen LogP contribution < -0.4 is 11.5 Å². The van der Waals surface area contributed by atoms with Gasteiger partial charge in [-0.2, -0.15) is 0 Å². The molecule has 0 fully saturated rings. The van der Waals surface area contributed by atoms with Crippen LogP contribution in [0.3, 0.4) is 0 Å². The standard InChI is InChI=1S/C13H19N5/c1-13(2,15)12-17-16-11(18(12)3)10-7-5-4-6-9(10)8-14/h4-7H,8,14-15H2,1-3H3. The maximum Gasteiger partial charge on any atom is 0.164 e. The molecule has 18 heavy (non-hydrogen) atoms. The van der Waals surface area contributed by atoms with Crippen LogP contribution in [0.5, 0.6) is 0 Å². The number of aromatic nitrogens is 3. The molecule has 1 aromatic heterocycles. The van der Waals surface area contributed by atoms with Gasteiger partial charge < -0.3 is 16.0 Å². The summed E-state index contributed by atoms with van der Waals surface area (Å²) in [7, 11) is 1.92. The number of hydrogen-bond donors (Lipinski definition) is 2. The molecule has 5 nitrogen and oxygen atoms in total. The molecule has 0 aliphatic carbocycles. The van der Waals surface area contributed by atoms with Crippen LogP contribution in [0.1, 0.15) is 25.2 Å². The summed E-state index contributed by atoms with van der Waals surface area (Å²) in [6, 6.07) is 7.93. The number of nitrogens with two attached hydrogens (primary N) is 2. The highest BCUT2D eigenvalue weighted by molar-refractivity contribution is 5.60. The highest BCUT2D eigenvalue weighted by atomic mass is 15.3. The molecule has 0 radical (unpaired) electrons. The lowest BCUT2D eigenvalue weighted by atomic mass is 10.1. The first-order valence-corrected chi connectivity index (χ1v) is 5.92. The SMILES string of the molecule is Cn1c(-c2ccccc2CN)nnc1C(C)(C)N. The molecule has 1 heterocycles. The van der Waals surface area contributed by atoms with Gasteiger partial charge in [0.15, 0.2) is 11.6 Å². The van der Waals surface area contributed by atoms with Crippen LogP contribution in [0.4, 0.5) is 0 Å². The number of nitrogens with zero attached hydrogens (tertiary/aromatic N) is 3. The van der Waals surface area contributed by atoms with Crippen molar-refractivity contribution in [2.45, 2.75) is 25.9 Å². The van der Waals surface area contributed by atoms with Gasteiger partial charge in [0.1, 0.15) is 0 Å². The summed E-state index contributed by atoms with van der Waals surface area (Å²) in [5.41, 5.74) is 13.4. The number of rotatable bonds is 3. The minimum Gasteiger partial charge on any atom is -0.326 e. The van der Waals surface area contributed by atoms with E-state index in [0.29, 0.717) is 6.54 Å². The van der Waals surface area contributed by atoms with E-state index in [2.05, 4.69) is 10.2 Å². The zero-order valence-electron chi connectivity index (χ0n) is 11.0. The lowest BCUT2D eigenvalue weighted by molar-refractivity contribution is 0.493. The van der Waals surface area contributed by atoms with Crippen molar-refractivity contribution in [1.82, 2.24) is 14.8 Å². The van der Waals surface area contributed by atoms with Gasteiger partial charge in [-0.1, -0.05) is 24.3 Å². The normalized spacial score (nSPS) is 11.8. The predicted molar refractivity (Wildman–Crippen MR) is 71.5 cm³/mol. The molecule has 2 rings (SSSR count). The molecule has 0 amide bonds. The van der Waals surface area contributed by atoms with Crippen molar-refractivity contribution < 1.29 is 0 Å². The van der Waals surface area contributed by atoms with Crippen molar-refractivity contribution >= 4 is 0 Å². The van der Waals surface area contributed by atoms with Crippen molar-refractivity contribution in [1.29, 1.82) is 0 Å². The summed E-state index contributed by atoms with van der Waals surface area (Å²) in [5, 5.41) is 8.42. The average Bonchev–Trinajstić information content (AvgIpc) is 2.70. The van der Waals surface area contributed by atoms with Crippen LogP contribution >= 0.6 is 0 Å². The highest BCUT2D eigenvalue weighted by Crippen LogP contribution is 2.24. The van der Waals surface area contributed by atoms with E-state index < -0.39 is 5.54 Å². The molecule has 96 valence electrons. The Balaban J connectivity index is 2.56. The molecule has 0 saturated carbocycles. The smallest absolute Gasteiger partial charge is 0.164 e. The summed E-state index contributed by atoms with van der Waals surface area (Å²) in [6.07, 6.45) is 0. The average molecular weight is 245 g/mol. The summed E-state index contributed by atoms with van der Waals surface area (Å²) in [5.74, 6) is 1.55. The van der Waals surface area contributed by atoms with Gasteiger partial charge >= 0.3 is 0 Å². The summed E-state index contributed by atoms with van der Waals surface area (Å²) in [6.45, 7) is 4.30. The second-order valence-electron chi connectivity index (χ2n) is 4.99. The fraction of sp³-hybridized carbons (Fsp3) is 0.385. The van der Waals surface area contributed by atoms with E-state index in [1.165, 1.54) is 0 Å². The zero-order chi connectivity index (χ0) is 13.3. The van der Waals surface area contributed by atoms with Crippen molar-refractivity contribution in [2.75, 3.05) is 0 Å². The third-order valence-corrected chi connectivity index (χ3v) is 2.93. The van der Waals surface area contributed by atoms with Gasteiger partial charge in [-0.25, -0.2) is 0 Å². The van der Waals surface area contributed by atoms with E-state index in [9.17, 15) is 0 Å². The van der Waals surface area contributed by atoms with Crippen molar-refractivity contribution in [2.24, 2.45) is 18.5 Å². The van der Waals surface area contributed by atoms with Gasteiger partial charge in [0, 0.05) is 19.2 Å². The Kier molecular flexibility index (Phi) is 3.19. The van der Waals surface area contributed by atoms with Gasteiger partial charge in [0.05, 0.1) is 5.54 Å². The second kappa shape index (κ2) is 4.51. The van der Waals surface area contributed by atoms with E-state index in [-0.39, 0.29) is 0 Å². The second-order valence-corrected chi connectivity index (χ2v) is 4.99. The van der Waals surface area contributed by atoms with Gasteiger partial charge in [-0.3, -0.25) is 0 Å². The van der Waals surface area contributed by atoms with Crippen molar-refractivity contribution in [3.8, 4) is 11.4 Å². The summed E-state index contributed by atoms with van der Waals surface area (Å²) < 4.78 is 1.93. The Morgan fingerprint density at radius 3 is 2.44 bits per heavy atom. The fourth-order valence-electron chi connectivity index (χ4n) is 2.04. The van der Waals surface area contributed by atoms with Crippen LogP contribution in [0.2, 0.25) is 0 Å². The summed E-state index contributed by atoms with van der Waals surface area (Å²) in [4.78, 5) is 0. The molecule has 2 aromatic rings. The topological polar surface area (TPSA) is 82.8 Å². The third-order valence-electron chi connectivity index (χ3n) is 2.93. The fourth-order valence-corrected chi connectivity index (χ4v) is 2.04. The molecular formula is C13H19N5. The number of hydrogen-bond acceptors (Lipinski definition) is 4. The molecule has 4 N–H and O–H groups in total. The highest BCUT2D eigenvalue weighted by Gasteiger charge is 2.23. The maximum absolute atomic E-state index is 6.07. The lowest BCUT2D eigenvalue weighted by Crippen LogP contribution is -2.32. The number of benzene rings is 1.